The van der Waals surface area contributed by atoms with Crippen molar-refractivity contribution in [2.24, 2.45) is 5.16 Å². The molecule has 2 aliphatic rings. The lowest BCUT2D eigenvalue weighted by Gasteiger charge is -2.29. The first-order valence-electron chi connectivity index (χ1n) is 10.3. The third-order valence-corrected chi connectivity index (χ3v) is 6.47. The summed E-state index contributed by atoms with van der Waals surface area (Å²) in [5.41, 5.74) is -2.67. The van der Waals surface area contributed by atoms with Crippen LogP contribution in [0.4, 0.5) is 17.6 Å². The van der Waals surface area contributed by atoms with E-state index in [1.165, 1.54) is 24.5 Å². The smallest absolute Gasteiger partial charge is 0.374 e. The number of hydrogen-bond acceptors (Lipinski definition) is 4. The van der Waals surface area contributed by atoms with Gasteiger partial charge in [-0.1, -0.05) is 34.4 Å². The van der Waals surface area contributed by atoms with Crippen LogP contribution in [0.15, 0.2) is 47.9 Å². The number of fused-ring (bicyclic) bond motifs is 1. The van der Waals surface area contributed by atoms with Gasteiger partial charge in [-0.3, -0.25) is 9.78 Å². The van der Waals surface area contributed by atoms with Gasteiger partial charge in [0.2, 0.25) is 0 Å². The number of carbonyl (C=O) groups is 1. The highest BCUT2D eigenvalue weighted by atomic mass is 35.5. The van der Waals surface area contributed by atoms with Crippen LogP contribution in [0.25, 0.3) is 10.8 Å². The van der Waals surface area contributed by atoms with Gasteiger partial charge >= 0.3 is 6.18 Å². The average molecular weight is 512 g/mol. The number of pyridine rings is 1. The highest BCUT2D eigenvalue weighted by Crippen LogP contribution is 2.50. The Hall–Kier alpha value is -2.91. The number of halogens is 6. The quantitative estimate of drug-likeness (QED) is 0.337. The van der Waals surface area contributed by atoms with Crippen LogP contribution >= 0.6 is 23.2 Å². The van der Waals surface area contributed by atoms with Gasteiger partial charge in [0.05, 0.1) is 15.8 Å². The molecule has 176 valence electrons. The molecule has 2 heterocycles. The van der Waals surface area contributed by atoms with Crippen molar-refractivity contribution in [2.45, 2.75) is 37.1 Å². The molecule has 0 radical (unpaired) electrons. The molecule has 2 aromatic carbocycles. The Morgan fingerprint density at radius 1 is 1.12 bits per heavy atom. The largest absolute Gasteiger partial charge is 0.435 e. The first kappa shape index (κ1) is 22.9. The Labute approximate surface area is 200 Å². The lowest BCUT2D eigenvalue weighted by atomic mass is 9.85. The number of hydrogen-bond donors (Lipinski definition) is 1. The summed E-state index contributed by atoms with van der Waals surface area (Å²) in [5, 5.41) is 6.49. The molecular formula is C23H15Cl2F4N3O2. The maximum Gasteiger partial charge on any atom is 0.435 e. The molecule has 1 aliphatic heterocycles. The summed E-state index contributed by atoms with van der Waals surface area (Å²) < 4.78 is 56.8. The fraction of sp³-hybridized carbons (Fsp3) is 0.261. The maximum atomic E-state index is 14.3. The van der Waals surface area contributed by atoms with Crippen molar-refractivity contribution in [3.63, 3.8) is 0 Å². The van der Waals surface area contributed by atoms with E-state index in [1.54, 1.807) is 6.07 Å². The van der Waals surface area contributed by atoms with Crippen LogP contribution in [-0.4, -0.2) is 28.8 Å². The van der Waals surface area contributed by atoms with Gasteiger partial charge in [0.15, 0.2) is 5.82 Å². The third-order valence-electron chi connectivity index (χ3n) is 5.92. The van der Waals surface area contributed by atoms with Gasteiger partial charge in [-0.15, -0.1) is 0 Å². The number of oxime groups is 1. The molecule has 1 aliphatic carbocycles. The van der Waals surface area contributed by atoms with E-state index in [0.717, 1.165) is 25.0 Å². The molecule has 5 rings (SSSR count). The number of rotatable bonds is 4. The van der Waals surface area contributed by atoms with Crippen molar-refractivity contribution in [1.82, 2.24) is 10.3 Å². The van der Waals surface area contributed by atoms with Crippen LogP contribution in [0.3, 0.4) is 0 Å². The van der Waals surface area contributed by atoms with Gasteiger partial charge in [-0.2, -0.15) is 13.2 Å². The van der Waals surface area contributed by atoms with E-state index < -0.39 is 39.6 Å². The molecule has 1 atom stereocenters. The summed E-state index contributed by atoms with van der Waals surface area (Å²) in [6, 6.07) is 6.46. The highest BCUT2D eigenvalue weighted by molar-refractivity contribution is 6.35. The van der Waals surface area contributed by atoms with Crippen LogP contribution in [0.1, 0.15) is 40.7 Å². The van der Waals surface area contributed by atoms with Crippen LogP contribution < -0.4 is 5.32 Å². The molecule has 1 unspecified atom stereocenters. The Balaban J connectivity index is 1.57. The molecule has 1 saturated carbocycles. The first-order chi connectivity index (χ1) is 16.1. The number of amides is 1. The minimum Gasteiger partial charge on any atom is -0.374 e. The van der Waals surface area contributed by atoms with Crippen molar-refractivity contribution in [3.05, 3.63) is 75.3 Å². The van der Waals surface area contributed by atoms with Crippen molar-refractivity contribution < 1.29 is 27.2 Å². The van der Waals surface area contributed by atoms with E-state index in [-0.39, 0.29) is 17.7 Å². The third kappa shape index (κ3) is 3.76. The lowest BCUT2D eigenvalue weighted by Crippen LogP contribution is -2.42. The molecular weight excluding hydrogens is 497 g/mol. The molecule has 0 bridgehead atoms. The van der Waals surface area contributed by atoms with E-state index in [9.17, 15) is 22.4 Å². The summed E-state index contributed by atoms with van der Waals surface area (Å²) in [6.07, 6.45) is -0.866. The van der Waals surface area contributed by atoms with E-state index in [0.29, 0.717) is 21.9 Å². The van der Waals surface area contributed by atoms with Crippen LogP contribution in [0.5, 0.6) is 0 Å². The van der Waals surface area contributed by atoms with Crippen molar-refractivity contribution in [1.29, 1.82) is 0 Å². The zero-order chi connectivity index (χ0) is 24.3. The molecule has 1 amide bonds. The number of nitrogens with zero attached hydrogens (tertiary/aromatic N) is 2. The SMILES string of the molecule is O=C(NC1CC1)c1ccc(C2=NOC(c3cc(Cl)c(F)c(Cl)c3)(C(F)(F)F)C2)c2ccncc12. The molecule has 1 N–H and O–H groups in total. The second kappa shape index (κ2) is 8.09. The summed E-state index contributed by atoms with van der Waals surface area (Å²) in [4.78, 5) is 21.7. The Bertz CT molecular complexity index is 1330. The first-order valence-corrected chi connectivity index (χ1v) is 11.0. The number of alkyl halides is 3. The predicted molar refractivity (Wildman–Crippen MR) is 119 cm³/mol. The topological polar surface area (TPSA) is 63.6 Å². The predicted octanol–water partition coefficient (Wildman–Crippen LogP) is 6.16. The average Bonchev–Trinajstić information content (AvgIpc) is 3.48. The summed E-state index contributed by atoms with van der Waals surface area (Å²) in [6.45, 7) is 0. The van der Waals surface area contributed by atoms with Gasteiger partial charge < -0.3 is 10.2 Å². The number of nitrogens with one attached hydrogen (secondary N) is 1. The van der Waals surface area contributed by atoms with E-state index in [4.69, 9.17) is 28.0 Å². The number of carbonyl (C=O) groups excluding carboxylic acids is 1. The van der Waals surface area contributed by atoms with E-state index in [1.807, 2.05) is 0 Å². The Morgan fingerprint density at radius 3 is 2.47 bits per heavy atom. The summed E-state index contributed by atoms with van der Waals surface area (Å²) in [7, 11) is 0. The summed E-state index contributed by atoms with van der Waals surface area (Å²) in [5.74, 6) is -1.31. The van der Waals surface area contributed by atoms with Crippen molar-refractivity contribution in [2.75, 3.05) is 0 Å². The van der Waals surface area contributed by atoms with Gasteiger partial charge in [0.1, 0.15) is 0 Å². The number of aromatic nitrogens is 1. The Kier molecular flexibility index (Phi) is 5.44. The second-order valence-electron chi connectivity index (χ2n) is 8.21. The fourth-order valence-corrected chi connectivity index (χ4v) is 4.45. The molecule has 1 fully saturated rings. The zero-order valence-corrected chi connectivity index (χ0v) is 18.7. The zero-order valence-electron chi connectivity index (χ0n) is 17.2. The monoisotopic (exact) mass is 511 g/mol. The molecule has 5 nitrogen and oxygen atoms in total. The normalized spacial score (nSPS) is 20.2. The molecule has 0 spiro atoms. The van der Waals surface area contributed by atoms with Crippen LogP contribution in [0, 0.1) is 5.82 Å². The van der Waals surface area contributed by atoms with Gasteiger partial charge in [0, 0.05) is 46.9 Å². The number of benzene rings is 2. The van der Waals surface area contributed by atoms with E-state index in [2.05, 4.69) is 15.5 Å². The summed E-state index contributed by atoms with van der Waals surface area (Å²) >= 11 is 11.5. The second-order valence-corrected chi connectivity index (χ2v) is 9.03. The van der Waals surface area contributed by atoms with Gasteiger partial charge in [0.25, 0.3) is 11.5 Å². The van der Waals surface area contributed by atoms with Crippen LogP contribution in [0.2, 0.25) is 10.0 Å². The minimum atomic E-state index is -4.93. The highest BCUT2D eigenvalue weighted by Gasteiger charge is 2.62. The molecule has 1 aromatic heterocycles. The van der Waals surface area contributed by atoms with Gasteiger partial charge in [-0.05, 0) is 42.5 Å². The fourth-order valence-electron chi connectivity index (χ4n) is 3.97. The minimum absolute atomic E-state index is 0.000698. The lowest BCUT2D eigenvalue weighted by molar-refractivity contribution is -0.275. The van der Waals surface area contributed by atoms with E-state index >= 15 is 0 Å². The Morgan fingerprint density at radius 2 is 1.82 bits per heavy atom. The van der Waals surface area contributed by atoms with Crippen molar-refractivity contribution in [3.8, 4) is 0 Å². The standard InChI is InChI=1S/C23H15Cl2F4N3O2/c24-17-7-11(8-18(25)20(17)26)22(23(27,28)29)9-19(32-34-22)14-3-4-15(21(33)31-12-1-2-12)16-10-30-6-5-13(14)16/h3-8,10,12H,1-2,9H2,(H,31,33). The van der Waals surface area contributed by atoms with Crippen LogP contribution in [-0.2, 0) is 10.4 Å². The molecule has 0 saturated heterocycles. The molecule has 34 heavy (non-hydrogen) atoms. The van der Waals surface area contributed by atoms with Crippen molar-refractivity contribution >= 4 is 45.6 Å². The van der Waals surface area contributed by atoms with Gasteiger partial charge in [-0.25, -0.2) is 4.39 Å². The maximum absolute atomic E-state index is 14.3. The molecule has 3 aromatic rings. The molecule has 11 heteroatoms.